The van der Waals surface area contributed by atoms with E-state index in [9.17, 15) is 0 Å². The molecule has 0 aliphatic rings. The summed E-state index contributed by atoms with van der Waals surface area (Å²) in [7, 11) is 0. The van der Waals surface area contributed by atoms with E-state index < -0.39 is 0 Å². The highest BCUT2D eigenvalue weighted by atomic mass is 15.3. The molecule has 8 nitrogen and oxygen atoms in total. The lowest BCUT2D eigenvalue weighted by molar-refractivity contribution is 0.689. The SMILES string of the molecule is c1ccc(Cn2ccc(Nc3ncnc4c3cnn4-c3ccccn3)n2)cc1. The number of rotatable bonds is 5. The second-order valence-electron chi connectivity index (χ2n) is 6.21. The minimum absolute atomic E-state index is 0.650. The molecule has 5 aromatic rings. The van der Waals surface area contributed by atoms with E-state index in [1.807, 2.05) is 53.3 Å². The van der Waals surface area contributed by atoms with Crippen LogP contribution < -0.4 is 5.32 Å². The lowest BCUT2D eigenvalue weighted by Crippen LogP contribution is -2.02. The first-order chi connectivity index (χ1) is 13.9. The molecule has 0 unspecified atom stereocenters. The maximum Gasteiger partial charge on any atom is 0.170 e. The van der Waals surface area contributed by atoms with Crippen LogP contribution in [0, 0.1) is 0 Å². The number of pyridine rings is 1. The summed E-state index contributed by atoms with van der Waals surface area (Å²) in [6.45, 7) is 0.708. The molecular formula is C20H16N8. The van der Waals surface area contributed by atoms with Crippen LogP contribution in [-0.4, -0.2) is 34.5 Å². The van der Waals surface area contributed by atoms with Crippen LogP contribution in [0.3, 0.4) is 0 Å². The van der Waals surface area contributed by atoms with Crippen molar-refractivity contribution in [3.8, 4) is 5.82 Å². The molecule has 4 heterocycles. The summed E-state index contributed by atoms with van der Waals surface area (Å²) >= 11 is 0. The molecule has 0 radical (unpaired) electrons. The molecule has 0 aliphatic heterocycles. The molecule has 0 spiro atoms. The Kier molecular flexibility index (Phi) is 3.98. The van der Waals surface area contributed by atoms with E-state index in [1.54, 1.807) is 17.1 Å². The van der Waals surface area contributed by atoms with E-state index in [-0.39, 0.29) is 0 Å². The predicted molar refractivity (Wildman–Crippen MR) is 106 cm³/mol. The summed E-state index contributed by atoms with van der Waals surface area (Å²) < 4.78 is 3.57. The molecule has 0 fully saturated rings. The summed E-state index contributed by atoms with van der Waals surface area (Å²) in [6.07, 6.45) is 6.90. The Bertz CT molecular complexity index is 1210. The zero-order valence-electron chi connectivity index (χ0n) is 14.8. The van der Waals surface area contributed by atoms with Gasteiger partial charge in [-0.25, -0.2) is 15.0 Å². The Hall–Kier alpha value is -4.07. The smallest absolute Gasteiger partial charge is 0.170 e. The van der Waals surface area contributed by atoms with Crippen LogP contribution in [0.1, 0.15) is 5.56 Å². The molecule has 0 aliphatic carbocycles. The van der Waals surface area contributed by atoms with Gasteiger partial charge in [0.25, 0.3) is 0 Å². The van der Waals surface area contributed by atoms with Gasteiger partial charge in [0.05, 0.1) is 18.1 Å². The zero-order chi connectivity index (χ0) is 18.8. The second-order valence-corrected chi connectivity index (χ2v) is 6.21. The number of benzene rings is 1. The lowest BCUT2D eigenvalue weighted by atomic mass is 10.2. The highest BCUT2D eigenvalue weighted by molar-refractivity contribution is 5.88. The number of hydrogen-bond donors (Lipinski definition) is 1. The van der Waals surface area contributed by atoms with Gasteiger partial charge in [-0.1, -0.05) is 36.4 Å². The first-order valence-corrected chi connectivity index (χ1v) is 8.81. The highest BCUT2D eigenvalue weighted by Crippen LogP contribution is 2.23. The fourth-order valence-corrected chi connectivity index (χ4v) is 3.00. The Morgan fingerprint density at radius 3 is 2.64 bits per heavy atom. The van der Waals surface area contributed by atoms with Crippen LogP contribution in [0.5, 0.6) is 0 Å². The molecule has 1 aromatic carbocycles. The standard InChI is InChI=1S/C20H16N8/c1-2-6-15(7-3-1)13-27-11-9-17(26-27)25-19-16-12-24-28(20(16)23-14-22-19)18-8-4-5-10-21-18/h1-12,14H,13H2,(H,22,23,25,26). The molecule has 5 rings (SSSR count). The van der Waals surface area contributed by atoms with Crippen LogP contribution in [0.4, 0.5) is 11.6 Å². The average Bonchev–Trinajstić information content (AvgIpc) is 3.37. The van der Waals surface area contributed by atoms with Crippen molar-refractivity contribution in [2.24, 2.45) is 0 Å². The number of anilines is 2. The predicted octanol–water partition coefficient (Wildman–Crippen LogP) is 3.20. The normalized spacial score (nSPS) is 11.0. The average molecular weight is 368 g/mol. The van der Waals surface area contributed by atoms with Crippen LogP contribution in [0.2, 0.25) is 0 Å². The van der Waals surface area contributed by atoms with Gasteiger partial charge in [-0.3, -0.25) is 4.68 Å². The second kappa shape index (κ2) is 6.92. The molecule has 1 N–H and O–H groups in total. The molecule has 0 atom stereocenters. The molecule has 8 heteroatoms. The van der Waals surface area contributed by atoms with Crippen molar-refractivity contribution in [1.82, 2.24) is 34.5 Å². The van der Waals surface area contributed by atoms with Crippen molar-refractivity contribution >= 4 is 22.7 Å². The number of nitrogens with zero attached hydrogens (tertiary/aromatic N) is 7. The fraction of sp³-hybridized carbons (Fsp3) is 0.0500. The third-order valence-corrected chi connectivity index (χ3v) is 4.31. The summed E-state index contributed by atoms with van der Waals surface area (Å²) in [5.41, 5.74) is 1.87. The van der Waals surface area contributed by atoms with Crippen LogP contribution in [-0.2, 0) is 6.54 Å². The van der Waals surface area contributed by atoms with E-state index >= 15 is 0 Å². The highest BCUT2D eigenvalue weighted by Gasteiger charge is 2.12. The number of aromatic nitrogens is 7. The first kappa shape index (κ1) is 16.1. The molecule has 0 saturated heterocycles. The van der Waals surface area contributed by atoms with Gasteiger partial charge in [0.15, 0.2) is 17.3 Å². The van der Waals surface area contributed by atoms with Gasteiger partial charge in [0.1, 0.15) is 12.1 Å². The molecule has 28 heavy (non-hydrogen) atoms. The van der Waals surface area contributed by atoms with E-state index in [4.69, 9.17) is 0 Å². The quantitative estimate of drug-likeness (QED) is 0.513. The summed E-state index contributed by atoms with van der Waals surface area (Å²) in [4.78, 5) is 13.1. The molecule has 0 saturated carbocycles. The Morgan fingerprint density at radius 2 is 1.79 bits per heavy atom. The van der Waals surface area contributed by atoms with E-state index in [0.29, 0.717) is 29.6 Å². The monoisotopic (exact) mass is 368 g/mol. The Morgan fingerprint density at radius 1 is 0.893 bits per heavy atom. The Balaban J connectivity index is 1.42. The third-order valence-electron chi connectivity index (χ3n) is 4.31. The van der Waals surface area contributed by atoms with Crippen LogP contribution in [0.15, 0.2) is 79.5 Å². The van der Waals surface area contributed by atoms with Crippen molar-refractivity contribution in [1.29, 1.82) is 0 Å². The zero-order valence-corrected chi connectivity index (χ0v) is 14.8. The third kappa shape index (κ3) is 3.07. The van der Waals surface area contributed by atoms with Crippen LogP contribution in [0.25, 0.3) is 16.9 Å². The lowest BCUT2D eigenvalue weighted by Gasteiger charge is -2.05. The number of hydrogen-bond acceptors (Lipinski definition) is 6. The van der Waals surface area contributed by atoms with E-state index in [2.05, 4.69) is 42.6 Å². The van der Waals surface area contributed by atoms with E-state index in [1.165, 1.54) is 11.9 Å². The van der Waals surface area contributed by atoms with Gasteiger partial charge in [-0.05, 0) is 17.7 Å². The summed E-state index contributed by atoms with van der Waals surface area (Å²) in [5, 5.41) is 13.1. The maximum atomic E-state index is 4.58. The largest absolute Gasteiger partial charge is 0.323 e. The van der Waals surface area contributed by atoms with Crippen LogP contribution >= 0.6 is 0 Å². The minimum Gasteiger partial charge on any atom is -0.323 e. The van der Waals surface area contributed by atoms with Gasteiger partial charge in [0.2, 0.25) is 0 Å². The Labute approximate surface area is 160 Å². The van der Waals surface area contributed by atoms with E-state index in [0.717, 1.165) is 5.39 Å². The number of nitrogens with one attached hydrogen (secondary N) is 1. The van der Waals surface area contributed by atoms with Crippen molar-refractivity contribution in [3.63, 3.8) is 0 Å². The van der Waals surface area contributed by atoms with Crippen molar-refractivity contribution in [2.45, 2.75) is 6.54 Å². The van der Waals surface area contributed by atoms with Gasteiger partial charge >= 0.3 is 0 Å². The molecular weight excluding hydrogens is 352 g/mol. The molecule has 0 bridgehead atoms. The first-order valence-electron chi connectivity index (χ1n) is 8.81. The molecule has 0 amide bonds. The minimum atomic E-state index is 0.650. The maximum absolute atomic E-state index is 4.58. The van der Waals surface area contributed by atoms with Crippen molar-refractivity contribution < 1.29 is 0 Å². The van der Waals surface area contributed by atoms with Gasteiger partial charge in [-0.2, -0.15) is 14.9 Å². The summed E-state index contributed by atoms with van der Waals surface area (Å²) in [5.74, 6) is 2.06. The van der Waals surface area contributed by atoms with Crippen molar-refractivity contribution in [3.05, 3.63) is 85.1 Å². The fourth-order valence-electron chi connectivity index (χ4n) is 3.00. The summed E-state index contributed by atoms with van der Waals surface area (Å²) in [6, 6.07) is 17.8. The topological polar surface area (TPSA) is 86.3 Å². The van der Waals surface area contributed by atoms with Gasteiger partial charge in [-0.15, -0.1) is 0 Å². The van der Waals surface area contributed by atoms with Crippen molar-refractivity contribution in [2.75, 3.05) is 5.32 Å². The molecule has 4 aromatic heterocycles. The van der Waals surface area contributed by atoms with Gasteiger partial charge in [0, 0.05) is 18.5 Å². The van der Waals surface area contributed by atoms with Gasteiger partial charge < -0.3 is 5.32 Å². The number of fused-ring (bicyclic) bond motifs is 1. The molecule has 136 valence electrons.